The van der Waals surface area contributed by atoms with Crippen LogP contribution in [0.4, 0.5) is 24.7 Å². The van der Waals surface area contributed by atoms with Crippen LogP contribution in [0.1, 0.15) is 11.1 Å². The van der Waals surface area contributed by atoms with Gasteiger partial charge in [-0.25, -0.2) is 4.98 Å². The van der Waals surface area contributed by atoms with E-state index in [1.165, 1.54) is 12.1 Å². The molecule has 0 spiro atoms. The van der Waals surface area contributed by atoms with Gasteiger partial charge in [0.1, 0.15) is 5.82 Å². The van der Waals surface area contributed by atoms with Crippen molar-refractivity contribution in [2.24, 2.45) is 0 Å². The van der Waals surface area contributed by atoms with Gasteiger partial charge in [-0.1, -0.05) is 6.07 Å². The van der Waals surface area contributed by atoms with Gasteiger partial charge in [0, 0.05) is 18.4 Å². The Balaban J connectivity index is 1.98. The van der Waals surface area contributed by atoms with E-state index in [-0.39, 0.29) is 0 Å². The summed E-state index contributed by atoms with van der Waals surface area (Å²) in [5.74, 6) is 0.429. The Labute approximate surface area is 108 Å². The number of pyridine rings is 1. The fourth-order valence-corrected chi connectivity index (χ4v) is 1.52. The van der Waals surface area contributed by atoms with Crippen LogP contribution in [0.25, 0.3) is 0 Å². The predicted octanol–water partition coefficient (Wildman–Crippen LogP) is 3.29. The zero-order valence-corrected chi connectivity index (χ0v) is 9.91. The number of aromatic nitrogens is 1. The van der Waals surface area contributed by atoms with Crippen molar-refractivity contribution in [1.82, 2.24) is 4.98 Å². The van der Waals surface area contributed by atoms with Gasteiger partial charge in [-0.05, 0) is 35.9 Å². The van der Waals surface area contributed by atoms with Gasteiger partial charge in [0.05, 0.1) is 5.56 Å². The second-order valence-corrected chi connectivity index (χ2v) is 4.02. The minimum atomic E-state index is -4.31. The first kappa shape index (κ1) is 13.2. The molecule has 1 aromatic carbocycles. The lowest BCUT2D eigenvalue weighted by Gasteiger charge is -2.09. The maximum atomic E-state index is 12.4. The molecule has 0 fully saturated rings. The number of nitrogen functional groups attached to an aromatic ring is 1. The summed E-state index contributed by atoms with van der Waals surface area (Å²) in [7, 11) is 0. The predicted molar refractivity (Wildman–Crippen MR) is 67.4 cm³/mol. The highest BCUT2D eigenvalue weighted by molar-refractivity contribution is 5.45. The molecule has 0 saturated heterocycles. The lowest BCUT2D eigenvalue weighted by Crippen LogP contribution is -2.05. The first-order chi connectivity index (χ1) is 8.95. The summed E-state index contributed by atoms with van der Waals surface area (Å²) in [6.07, 6.45) is -2.69. The van der Waals surface area contributed by atoms with Gasteiger partial charge in [-0.2, -0.15) is 13.2 Å². The monoisotopic (exact) mass is 267 g/mol. The molecule has 3 N–H and O–H groups in total. The molecule has 0 atom stereocenters. The van der Waals surface area contributed by atoms with Crippen LogP contribution in [0.2, 0.25) is 0 Å². The minimum Gasteiger partial charge on any atom is -0.384 e. The number of halogens is 3. The van der Waals surface area contributed by atoms with Gasteiger partial charge in [0.25, 0.3) is 0 Å². The molecule has 100 valence electrons. The highest BCUT2D eigenvalue weighted by Crippen LogP contribution is 2.29. The fourth-order valence-electron chi connectivity index (χ4n) is 1.52. The standard InChI is InChI=1S/C13H12F3N3/c14-13(15,16)10-2-4-11(5-3-10)18-7-9-1-6-12(17)19-8-9/h1-6,8,18H,7H2,(H2,17,19). The molecule has 0 saturated carbocycles. The van der Waals surface area contributed by atoms with Crippen molar-refractivity contribution in [2.45, 2.75) is 12.7 Å². The molecule has 0 radical (unpaired) electrons. The molecule has 0 amide bonds. The van der Waals surface area contributed by atoms with Crippen molar-refractivity contribution < 1.29 is 13.2 Å². The van der Waals surface area contributed by atoms with E-state index in [1.807, 2.05) is 0 Å². The van der Waals surface area contributed by atoms with Crippen LogP contribution in [0, 0.1) is 0 Å². The Morgan fingerprint density at radius 2 is 1.74 bits per heavy atom. The van der Waals surface area contributed by atoms with E-state index in [4.69, 9.17) is 5.73 Å². The SMILES string of the molecule is Nc1ccc(CNc2ccc(C(F)(F)F)cc2)cn1. The van der Waals surface area contributed by atoms with Crippen LogP contribution in [0.5, 0.6) is 0 Å². The summed E-state index contributed by atoms with van der Waals surface area (Å²) in [5.41, 5.74) is 6.31. The number of hydrogen-bond donors (Lipinski definition) is 2. The van der Waals surface area contributed by atoms with Crippen LogP contribution >= 0.6 is 0 Å². The number of rotatable bonds is 3. The van der Waals surface area contributed by atoms with Crippen molar-refractivity contribution in [3.05, 3.63) is 53.7 Å². The van der Waals surface area contributed by atoms with Crippen LogP contribution < -0.4 is 11.1 Å². The molecule has 1 heterocycles. The lowest BCUT2D eigenvalue weighted by molar-refractivity contribution is -0.137. The van der Waals surface area contributed by atoms with Crippen LogP contribution in [0.3, 0.4) is 0 Å². The van der Waals surface area contributed by atoms with Gasteiger partial charge in [-0.15, -0.1) is 0 Å². The third-order valence-electron chi connectivity index (χ3n) is 2.56. The molecule has 6 heteroatoms. The van der Waals surface area contributed by atoms with E-state index in [2.05, 4.69) is 10.3 Å². The van der Waals surface area contributed by atoms with E-state index in [0.717, 1.165) is 17.7 Å². The van der Waals surface area contributed by atoms with E-state index < -0.39 is 11.7 Å². The number of benzene rings is 1. The van der Waals surface area contributed by atoms with Gasteiger partial charge in [-0.3, -0.25) is 0 Å². The highest BCUT2D eigenvalue weighted by atomic mass is 19.4. The topological polar surface area (TPSA) is 50.9 Å². The molecule has 0 bridgehead atoms. The second-order valence-electron chi connectivity index (χ2n) is 4.02. The van der Waals surface area contributed by atoms with Gasteiger partial charge >= 0.3 is 6.18 Å². The number of anilines is 2. The van der Waals surface area contributed by atoms with Gasteiger partial charge in [0.2, 0.25) is 0 Å². The Bertz CT molecular complexity index is 533. The highest BCUT2D eigenvalue weighted by Gasteiger charge is 2.29. The molecule has 1 aromatic heterocycles. The maximum absolute atomic E-state index is 12.4. The summed E-state index contributed by atoms with van der Waals surface area (Å²) in [5, 5.41) is 3.01. The lowest BCUT2D eigenvalue weighted by atomic mass is 10.2. The van der Waals surface area contributed by atoms with Crippen LogP contribution in [0.15, 0.2) is 42.6 Å². The van der Waals surface area contributed by atoms with Gasteiger partial charge < -0.3 is 11.1 Å². The number of alkyl halides is 3. The number of nitrogens with two attached hydrogens (primary N) is 1. The molecule has 2 rings (SSSR count). The van der Waals surface area contributed by atoms with Crippen LogP contribution in [-0.4, -0.2) is 4.98 Å². The Kier molecular flexibility index (Phi) is 3.59. The first-order valence-electron chi connectivity index (χ1n) is 5.57. The Morgan fingerprint density at radius 3 is 2.26 bits per heavy atom. The van der Waals surface area contributed by atoms with E-state index in [9.17, 15) is 13.2 Å². The van der Waals surface area contributed by atoms with E-state index in [0.29, 0.717) is 18.1 Å². The van der Waals surface area contributed by atoms with E-state index in [1.54, 1.807) is 18.3 Å². The zero-order valence-electron chi connectivity index (χ0n) is 9.91. The molecule has 3 nitrogen and oxygen atoms in total. The summed E-state index contributed by atoms with van der Waals surface area (Å²) in [6, 6.07) is 8.36. The molecule has 0 aliphatic rings. The molecular weight excluding hydrogens is 255 g/mol. The minimum absolute atomic E-state index is 0.429. The van der Waals surface area contributed by atoms with Crippen molar-refractivity contribution >= 4 is 11.5 Å². The summed E-state index contributed by atoms with van der Waals surface area (Å²) in [4.78, 5) is 3.93. The second kappa shape index (κ2) is 5.17. The van der Waals surface area contributed by atoms with Crippen molar-refractivity contribution in [3.63, 3.8) is 0 Å². The summed E-state index contributed by atoms with van der Waals surface area (Å²) in [6.45, 7) is 0.471. The smallest absolute Gasteiger partial charge is 0.384 e. The third-order valence-corrected chi connectivity index (χ3v) is 2.56. The summed E-state index contributed by atoms with van der Waals surface area (Å²) < 4.78 is 37.1. The molecule has 0 aliphatic heterocycles. The molecule has 0 aliphatic carbocycles. The Morgan fingerprint density at radius 1 is 1.05 bits per heavy atom. The number of hydrogen-bond acceptors (Lipinski definition) is 3. The average Bonchev–Trinajstić information content (AvgIpc) is 2.37. The van der Waals surface area contributed by atoms with Crippen molar-refractivity contribution in [2.75, 3.05) is 11.1 Å². The largest absolute Gasteiger partial charge is 0.416 e. The Hall–Kier alpha value is -2.24. The molecule has 0 unspecified atom stereocenters. The first-order valence-corrected chi connectivity index (χ1v) is 5.57. The summed E-state index contributed by atoms with van der Waals surface area (Å²) >= 11 is 0. The average molecular weight is 267 g/mol. The number of nitrogens with one attached hydrogen (secondary N) is 1. The quantitative estimate of drug-likeness (QED) is 0.897. The van der Waals surface area contributed by atoms with Crippen molar-refractivity contribution in [3.8, 4) is 0 Å². The van der Waals surface area contributed by atoms with Crippen LogP contribution in [-0.2, 0) is 12.7 Å². The molecular formula is C13H12F3N3. The third kappa shape index (κ3) is 3.61. The maximum Gasteiger partial charge on any atom is 0.416 e. The fraction of sp³-hybridized carbons (Fsp3) is 0.154. The zero-order chi connectivity index (χ0) is 13.9. The van der Waals surface area contributed by atoms with E-state index >= 15 is 0 Å². The number of nitrogens with zero attached hydrogens (tertiary/aromatic N) is 1. The van der Waals surface area contributed by atoms with Crippen molar-refractivity contribution in [1.29, 1.82) is 0 Å². The normalized spacial score (nSPS) is 11.3. The van der Waals surface area contributed by atoms with Gasteiger partial charge in [0.15, 0.2) is 0 Å². The molecule has 19 heavy (non-hydrogen) atoms. The molecule has 2 aromatic rings.